The first kappa shape index (κ1) is 22.6. The van der Waals surface area contributed by atoms with Gasteiger partial charge in [-0.1, -0.05) is 36.4 Å². The summed E-state index contributed by atoms with van der Waals surface area (Å²) in [4.78, 5) is 40.3. The standard InChI is InChI=1S/C26H29N3O4/c1-26(2,3)33-25(32)29-15-20(17-9-6-5-7-10-17)21(16-29)23(30)27-22-12-8-11-19-18(22)13-14-28(4)24(19)31/h5-14,20-21H,15-16H2,1-4H3,(H,27,30)/t20-,21+/m1/s1. The van der Waals surface area contributed by atoms with E-state index in [9.17, 15) is 14.4 Å². The maximum atomic E-state index is 13.5. The molecule has 0 saturated carbocycles. The third-order valence-electron chi connectivity index (χ3n) is 5.92. The summed E-state index contributed by atoms with van der Waals surface area (Å²) in [6, 6.07) is 16.9. The van der Waals surface area contributed by atoms with Crippen LogP contribution in [0.5, 0.6) is 0 Å². The summed E-state index contributed by atoms with van der Waals surface area (Å²) in [6.45, 7) is 6.12. The zero-order chi connectivity index (χ0) is 23.8. The van der Waals surface area contributed by atoms with Gasteiger partial charge in [-0.2, -0.15) is 0 Å². The van der Waals surface area contributed by atoms with Crippen molar-refractivity contribution in [1.29, 1.82) is 0 Å². The monoisotopic (exact) mass is 447 g/mol. The van der Waals surface area contributed by atoms with Crippen molar-refractivity contribution in [2.45, 2.75) is 32.3 Å². The van der Waals surface area contributed by atoms with Crippen molar-refractivity contribution in [3.05, 3.63) is 76.7 Å². The highest BCUT2D eigenvalue weighted by molar-refractivity contribution is 6.03. The lowest BCUT2D eigenvalue weighted by Crippen LogP contribution is -2.36. The molecule has 33 heavy (non-hydrogen) atoms. The number of carbonyl (C=O) groups is 2. The quantitative estimate of drug-likeness (QED) is 0.655. The largest absolute Gasteiger partial charge is 0.444 e. The molecule has 2 amide bonds. The number of aromatic nitrogens is 1. The van der Waals surface area contributed by atoms with E-state index >= 15 is 0 Å². The van der Waals surface area contributed by atoms with Crippen LogP contribution in [0.25, 0.3) is 10.8 Å². The van der Waals surface area contributed by atoms with Crippen molar-refractivity contribution >= 4 is 28.5 Å². The second-order valence-corrected chi connectivity index (χ2v) is 9.50. The normalized spacial score (nSPS) is 18.4. The number of pyridine rings is 1. The van der Waals surface area contributed by atoms with E-state index in [0.717, 1.165) is 5.56 Å². The van der Waals surface area contributed by atoms with Gasteiger partial charge < -0.3 is 19.5 Å². The van der Waals surface area contributed by atoms with Gasteiger partial charge in [0.05, 0.1) is 5.92 Å². The zero-order valence-electron chi connectivity index (χ0n) is 19.4. The molecule has 0 aliphatic carbocycles. The fraction of sp³-hybridized carbons (Fsp3) is 0.346. The average Bonchev–Trinajstić information content (AvgIpc) is 3.22. The van der Waals surface area contributed by atoms with E-state index in [1.807, 2.05) is 57.2 Å². The lowest BCUT2D eigenvalue weighted by molar-refractivity contribution is -0.119. The fourth-order valence-corrected chi connectivity index (χ4v) is 4.29. The van der Waals surface area contributed by atoms with Crippen LogP contribution < -0.4 is 10.9 Å². The van der Waals surface area contributed by atoms with Crippen LogP contribution in [-0.2, 0) is 16.6 Å². The molecule has 2 heterocycles. The minimum Gasteiger partial charge on any atom is -0.444 e. The third kappa shape index (κ3) is 4.77. The summed E-state index contributed by atoms with van der Waals surface area (Å²) in [6.07, 6.45) is 1.26. The molecule has 1 N–H and O–H groups in total. The minimum absolute atomic E-state index is 0.122. The van der Waals surface area contributed by atoms with Gasteiger partial charge in [0.2, 0.25) is 5.91 Å². The summed E-state index contributed by atoms with van der Waals surface area (Å²) in [5.74, 6) is -0.814. The summed E-state index contributed by atoms with van der Waals surface area (Å²) in [5, 5.41) is 4.24. The highest BCUT2D eigenvalue weighted by Crippen LogP contribution is 2.35. The third-order valence-corrected chi connectivity index (χ3v) is 5.92. The van der Waals surface area contributed by atoms with E-state index in [-0.39, 0.29) is 23.9 Å². The molecule has 3 aromatic rings. The summed E-state index contributed by atoms with van der Waals surface area (Å²) < 4.78 is 7.06. The number of amides is 2. The van der Waals surface area contributed by atoms with E-state index in [1.165, 1.54) is 4.57 Å². The smallest absolute Gasteiger partial charge is 0.410 e. The van der Waals surface area contributed by atoms with Gasteiger partial charge in [0, 0.05) is 48.7 Å². The van der Waals surface area contributed by atoms with Crippen LogP contribution in [0.4, 0.5) is 10.5 Å². The number of hydrogen-bond donors (Lipinski definition) is 1. The Morgan fingerprint density at radius 2 is 1.70 bits per heavy atom. The van der Waals surface area contributed by atoms with Gasteiger partial charge >= 0.3 is 6.09 Å². The molecular weight excluding hydrogens is 418 g/mol. The van der Waals surface area contributed by atoms with Crippen LogP contribution in [0.3, 0.4) is 0 Å². The Hall–Kier alpha value is -3.61. The molecule has 0 spiro atoms. The SMILES string of the molecule is Cn1ccc2c(NC(=O)[C@H]3CN(C(=O)OC(C)(C)C)C[C@@H]3c3ccccc3)cccc2c1=O. The van der Waals surface area contributed by atoms with E-state index in [2.05, 4.69) is 5.32 Å². The Labute approximate surface area is 193 Å². The number of likely N-dealkylation sites (tertiary alicyclic amines) is 1. The molecule has 1 aliphatic heterocycles. The summed E-state index contributed by atoms with van der Waals surface area (Å²) in [5.41, 5.74) is 0.838. The predicted octanol–water partition coefficient (Wildman–Crippen LogP) is 4.13. The number of anilines is 1. The molecule has 2 aromatic carbocycles. The second-order valence-electron chi connectivity index (χ2n) is 9.50. The fourth-order valence-electron chi connectivity index (χ4n) is 4.29. The number of benzene rings is 2. The molecule has 7 heteroatoms. The highest BCUT2D eigenvalue weighted by Gasteiger charge is 2.41. The van der Waals surface area contributed by atoms with Gasteiger partial charge in [-0.25, -0.2) is 4.79 Å². The van der Waals surface area contributed by atoms with Gasteiger partial charge in [-0.3, -0.25) is 9.59 Å². The summed E-state index contributed by atoms with van der Waals surface area (Å²) in [7, 11) is 1.70. The van der Waals surface area contributed by atoms with Crippen LogP contribution in [0.15, 0.2) is 65.6 Å². The topological polar surface area (TPSA) is 80.6 Å². The first-order valence-corrected chi connectivity index (χ1v) is 11.1. The van der Waals surface area contributed by atoms with Crippen LogP contribution in [0.1, 0.15) is 32.3 Å². The molecule has 7 nitrogen and oxygen atoms in total. The zero-order valence-corrected chi connectivity index (χ0v) is 19.4. The number of nitrogens with one attached hydrogen (secondary N) is 1. The molecule has 0 bridgehead atoms. The molecule has 1 saturated heterocycles. The number of hydrogen-bond acceptors (Lipinski definition) is 4. The Morgan fingerprint density at radius 3 is 2.39 bits per heavy atom. The second kappa shape index (κ2) is 8.73. The number of rotatable bonds is 3. The Bertz CT molecular complexity index is 1240. The van der Waals surface area contributed by atoms with Gasteiger partial charge in [-0.05, 0) is 44.5 Å². The minimum atomic E-state index is -0.616. The lowest BCUT2D eigenvalue weighted by atomic mass is 9.88. The Kier molecular flexibility index (Phi) is 5.97. The molecule has 2 atom stereocenters. The molecule has 0 unspecified atom stereocenters. The molecular formula is C26H29N3O4. The highest BCUT2D eigenvalue weighted by atomic mass is 16.6. The number of fused-ring (bicyclic) bond motifs is 1. The maximum Gasteiger partial charge on any atom is 0.410 e. The van der Waals surface area contributed by atoms with Gasteiger partial charge in [0.15, 0.2) is 0 Å². The van der Waals surface area contributed by atoms with E-state index in [4.69, 9.17) is 4.74 Å². The van der Waals surface area contributed by atoms with Crippen LogP contribution >= 0.6 is 0 Å². The Morgan fingerprint density at radius 1 is 0.970 bits per heavy atom. The molecule has 1 aliphatic rings. The van der Waals surface area contributed by atoms with Gasteiger partial charge in [-0.15, -0.1) is 0 Å². The van der Waals surface area contributed by atoms with Crippen LogP contribution in [-0.4, -0.2) is 40.2 Å². The number of carbonyl (C=O) groups excluding carboxylic acids is 2. The number of nitrogens with zero attached hydrogens (tertiary/aromatic N) is 2. The summed E-state index contributed by atoms with van der Waals surface area (Å²) >= 11 is 0. The number of aryl methyl sites for hydroxylation is 1. The van der Waals surface area contributed by atoms with E-state index in [1.54, 1.807) is 36.3 Å². The van der Waals surface area contributed by atoms with Crippen molar-refractivity contribution in [3.8, 4) is 0 Å². The number of ether oxygens (including phenoxy) is 1. The van der Waals surface area contributed by atoms with Crippen molar-refractivity contribution in [3.63, 3.8) is 0 Å². The lowest BCUT2D eigenvalue weighted by Gasteiger charge is -2.24. The van der Waals surface area contributed by atoms with Crippen LogP contribution in [0, 0.1) is 5.92 Å². The van der Waals surface area contributed by atoms with E-state index in [0.29, 0.717) is 23.0 Å². The average molecular weight is 448 g/mol. The molecule has 4 rings (SSSR count). The van der Waals surface area contributed by atoms with Crippen molar-refractivity contribution in [1.82, 2.24) is 9.47 Å². The van der Waals surface area contributed by atoms with Crippen LogP contribution in [0.2, 0.25) is 0 Å². The molecule has 0 radical (unpaired) electrons. The molecule has 172 valence electrons. The first-order valence-electron chi connectivity index (χ1n) is 11.1. The molecule has 1 aromatic heterocycles. The van der Waals surface area contributed by atoms with Gasteiger partial charge in [0.25, 0.3) is 5.56 Å². The molecule has 1 fully saturated rings. The first-order chi connectivity index (χ1) is 15.6. The Balaban J connectivity index is 1.63. The predicted molar refractivity (Wildman–Crippen MR) is 128 cm³/mol. The maximum absolute atomic E-state index is 13.5. The van der Waals surface area contributed by atoms with Crippen molar-refractivity contribution in [2.75, 3.05) is 18.4 Å². The van der Waals surface area contributed by atoms with Crippen molar-refractivity contribution in [2.24, 2.45) is 13.0 Å². The van der Waals surface area contributed by atoms with E-state index < -0.39 is 17.6 Å². The van der Waals surface area contributed by atoms with Gasteiger partial charge in [0.1, 0.15) is 5.60 Å². The van der Waals surface area contributed by atoms with Crippen molar-refractivity contribution < 1.29 is 14.3 Å².